The van der Waals surface area contributed by atoms with Crippen LogP contribution in [0.3, 0.4) is 0 Å². The van der Waals surface area contributed by atoms with Gasteiger partial charge in [-0.1, -0.05) is 25.1 Å². The Morgan fingerprint density at radius 2 is 1.51 bits per heavy atom. The summed E-state index contributed by atoms with van der Waals surface area (Å²) in [5.41, 5.74) is 4.72. The molecule has 1 aliphatic carbocycles. The molecule has 1 saturated carbocycles. The van der Waals surface area contributed by atoms with E-state index in [4.69, 9.17) is 9.47 Å². The van der Waals surface area contributed by atoms with Crippen molar-refractivity contribution in [3.63, 3.8) is 0 Å². The smallest absolute Gasteiger partial charge is 0.316 e. The first-order valence-corrected chi connectivity index (χ1v) is 14.6. The molecule has 12 heteroatoms. The first-order valence-electron chi connectivity index (χ1n) is 13.8. The molecule has 0 bridgehead atoms. The van der Waals surface area contributed by atoms with E-state index in [1.54, 1.807) is 29.7 Å². The van der Waals surface area contributed by atoms with Crippen molar-refractivity contribution >= 4 is 33.6 Å². The number of hydrogen-bond acceptors (Lipinski definition) is 9. The van der Waals surface area contributed by atoms with E-state index in [9.17, 15) is 9.59 Å². The molecule has 2 amide bonds. The number of carbonyl (C=O) groups is 2. The summed E-state index contributed by atoms with van der Waals surface area (Å²) in [4.78, 5) is 50.7. The zero-order chi connectivity index (χ0) is 30.3. The lowest BCUT2D eigenvalue weighted by Gasteiger charge is -2.27. The molecule has 6 rings (SSSR count). The second-order valence-electron chi connectivity index (χ2n) is 11.2. The predicted octanol–water partition coefficient (Wildman–Crippen LogP) is 4.64. The average Bonchev–Trinajstić information content (AvgIpc) is 3.58. The van der Waals surface area contributed by atoms with Crippen LogP contribution in [-0.2, 0) is 16.0 Å². The number of methoxy groups -OCH3 is 2. The second kappa shape index (κ2) is 11.3. The summed E-state index contributed by atoms with van der Waals surface area (Å²) in [5.74, 6) is 0.152. The molecule has 1 saturated heterocycles. The SMILES string of the molecule is COc1ncc(-c2cc(CC(=O)N3[C@H](C(=O)Nc4nc(Br)ccc4C)C[C@@]4(C)C[C@@H]34)cc(-c3cnc(OC)nc3)c2)cn1. The predicted molar refractivity (Wildman–Crippen MR) is 162 cm³/mol. The molecule has 4 aromatic rings. The number of ether oxygens (including phenoxy) is 2. The van der Waals surface area contributed by atoms with Crippen molar-refractivity contribution in [3.05, 3.63) is 70.8 Å². The van der Waals surface area contributed by atoms with E-state index >= 15 is 0 Å². The number of benzene rings is 1. The molecule has 1 aliphatic heterocycles. The minimum absolute atomic E-state index is 0.0277. The highest BCUT2D eigenvalue weighted by molar-refractivity contribution is 9.10. The van der Waals surface area contributed by atoms with E-state index in [0.717, 1.165) is 39.8 Å². The Morgan fingerprint density at radius 1 is 0.930 bits per heavy atom. The van der Waals surface area contributed by atoms with Gasteiger partial charge in [-0.25, -0.2) is 24.9 Å². The molecule has 1 N–H and O–H groups in total. The fourth-order valence-electron chi connectivity index (χ4n) is 5.73. The van der Waals surface area contributed by atoms with Crippen LogP contribution in [0.25, 0.3) is 22.3 Å². The Hall–Kier alpha value is -4.45. The van der Waals surface area contributed by atoms with Crippen LogP contribution in [0.2, 0.25) is 0 Å². The summed E-state index contributed by atoms with van der Waals surface area (Å²) in [7, 11) is 3.02. The van der Waals surface area contributed by atoms with Gasteiger partial charge in [0.25, 0.3) is 0 Å². The maximum absolute atomic E-state index is 14.0. The van der Waals surface area contributed by atoms with Gasteiger partial charge >= 0.3 is 12.0 Å². The Labute approximate surface area is 257 Å². The Bertz CT molecular complexity index is 1630. The van der Waals surface area contributed by atoms with Crippen molar-refractivity contribution in [1.29, 1.82) is 0 Å². The quantitative estimate of drug-likeness (QED) is 0.273. The number of hydrogen-bond donors (Lipinski definition) is 1. The monoisotopic (exact) mass is 643 g/mol. The minimum atomic E-state index is -0.580. The molecular weight excluding hydrogens is 614 g/mol. The molecule has 3 aromatic heterocycles. The summed E-state index contributed by atoms with van der Waals surface area (Å²) in [6.07, 6.45) is 8.31. The molecule has 43 heavy (non-hydrogen) atoms. The third-order valence-electron chi connectivity index (χ3n) is 8.17. The van der Waals surface area contributed by atoms with Gasteiger partial charge in [-0.3, -0.25) is 9.59 Å². The summed E-state index contributed by atoms with van der Waals surface area (Å²) in [6, 6.07) is 9.55. The maximum Gasteiger partial charge on any atom is 0.316 e. The van der Waals surface area contributed by atoms with E-state index < -0.39 is 6.04 Å². The molecular formula is C31H30BrN7O4. The summed E-state index contributed by atoms with van der Waals surface area (Å²) < 4.78 is 10.9. The van der Waals surface area contributed by atoms with Crippen molar-refractivity contribution in [3.8, 4) is 34.3 Å². The number of anilines is 1. The first-order chi connectivity index (χ1) is 20.7. The van der Waals surface area contributed by atoms with Gasteiger partial charge in [0.15, 0.2) is 0 Å². The number of aryl methyl sites for hydroxylation is 1. The lowest BCUT2D eigenvalue weighted by molar-refractivity contribution is -0.137. The second-order valence-corrected chi connectivity index (χ2v) is 12.0. The van der Waals surface area contributed by atoms with Crippen molar-refractivity contribution < 1.29 is 19.1 Å². The number of pyridine rings is 1. The summed E-state index contributed by atoms with van der Waals surface area (Å²) in [5, 5.41) is 2.96. The third kappa shape index (κ3) is 5.79. The molecule has 220 valence electrons. The molecule has 11 nitrogen and oxygen atoms in total. The van der Waals surface area contributed by atoms with Gasteiger partial charge in [0.05, 0.1) is 20.6 Å². The van der Waals surface area contributed by atoms with Crippen LogP contribution in [0.4, 0.5) is 5.82 Å². The number of piperidine rings is 1. The molecule has 2 aliphatic rings. The van der Waals surface area contributed by atoms with Gasteiger partial charge in [-0.05, 0) is 75.5 Å². The number of carbonyl (C=O) groups excluding carboxylic acids is 2. The number of nitrogens with zero attached hydrogens (tertiary/aromatic N) is 6. The van der Waals surface area contributed by atoms with Gasteiger partial charge in [0.2, 0.25) is 11.8 Å². The van der Waals surface area contributed by atoms with E-state index in [1.165, 1.54) is 14.2 Å². The van der Waals surface area contributed by atoms with Crippen LogP contribution in [-0.4, -0.2) is 67.9 Å². The average molecular weight is 645 g/mol. The number of likely N-dealkylation sites (tertiary alicyclic amines) is 1. The number of halogens is 1. The fourth-order valence-corrected chi connectivity index (χ4v) is 6.04. The van der Waals surface area contributed by atoms with Crippen LogP contribution in [0, 0.1) is 12.3 Å². The zero-order valence-corrected chi connectivity index (χ0v) is 25.8. The molecule has 2 fully saturated rings. The molecule has 3 atom stereocenters. The Balaban J connectivity index is 1.30. The lowest BCUT2D eigenvalue weighted by Crippen LogP contribution is -2.46. The van der Waals surface area contributed by atoms with E-state index in [-0.39, 0.29) is 41.7 Å². The molecule has 1 aromatic carbocycles. The van der Waals surface area contributed by atoms with Crippen molar-refractivity contribution in [2.75, 3.05) is 19.5 Å². The number of aromatic nitrogens is 5. The van der Waals surface area contributed by atoms with E-state index in [0.29, 0.717) is 16.8 Å². The number of amides is 2. The van der Waals surface area contributed by atoms with Crippen molar-refractivity contribution in [2.24, 2.45) is 5.41 Å². The van der Waals surface area contributed by atoms with Crippen molar-refractivity contribution in [2.45, 2.75) is 45.2 Å². The molecule has 4 heterocycles. The van der Waals surface area contributed by atoms with Crippen LogP contribution < -0.4 is 14.8 Å². The fraction of sp³-hybridized carbons (Fsp3) is 0.323. The lowest BCUT2D eigenvalue weighted by atomic mass is 9.97. The molecule has 0 spiro atoms. The first kappa shape index (κ1) is 28.7. The van der Waals surface area contributed by atoms with Crippen LogP contribution in [0.1, 0.15) is 30.9 Å². The van der Waals surface area contributed by atoms with Gasteiger partial charge in [-0.2, -0.15) is 0 Å². The highest BCUT2D eigenvalue weighted by Gasteiger charge is 2.64. The van der Waals surface area contributed by atoms with Gasteiger partial charge in [0.1, 0.15) is 16.5 Å². The standard InChI is InChI=1S/C31H30BrN7O4/c1-17-5-6-25(32)37-27(17)38-28(41)23-11-31(2)12-24(31)39(23)26(40)9-18-7-19(21-13-33-29(42-3)34-14-21)10-20(8-18)22-15-35-30(43-4)36-16-22/h5-8,10,13-16,23-24H,9,11-12H2,1-4H3,(H,37,38,41)/t23-,24+,31-/m0/s1. The van der Waals surface area contributed by atoms with Crippen LogP contribution in [0.15, 0.2) is 59.7 Å². The number of nitrogens with one attached hydrogen (secondary N) is 1. The van der Waals surface area contributed by atoms with Crippen LogP contribution >= 0.6 is 15.9 Å². The molecule has 0 unspecified atom stereocenters. The van der Waals surface area contributed by atoms with Gasteiger partial charge in [0, 0.05) is 42.0 Å². The normalized spacial score (nSPS) is 20.3. The molecule has 0 radical (unpaired) electrons. The summed E-state index contributed by atoms with van der Waals surface area (Å²) >= 11 is 3.37. The summed E-state index contributed by atoms with van der Waals surface area (Å²) in [6.45, 7) is 4.03. The topological polar surface area (TPSA) is 132 Å². The zero-order valence-electron chi connectivity index (χ0n) is 24.2. The highest BCUT2D eigenvalue weighted by Crippen LogP contribution is 2.59. The Kier molecular flexibility index (Phi) is 7.55. The van der Waals surface area contributed by atoms with E-state index in [1.807, 2.05) is 37.3 Å². The maximum atomic E-state index is 14.0. The van der Waals surface area contributed by atoms with Crippen LogP contribution in [0.5, 0.6) is 12.0 Å². The van der Waals surface area contributed by atoms with Crippen molar-refractivity contribution in [1.82, 2.24) is 29.8 Å². The van der Waals surface area contributed by atoms with E-state index in [2.05, 4.69) is 53.1 Å². The highest BCUT2D eigenvalue weighted by atomic mass is 79.9. The van der Waals surface area contributed by atoms with Gasteiger partial charge < -0.3 is 19.7 Å². The number of fused-ring (bicyclic) bond motifs is 1. The third-order valence-corrected chi connectivity index (χ3v) is 8.61. The Morgan fingerprint density at radius 3 is 2.07 bits per heavy atom. The number of rotatable bonds is 8. The largest absolute Gasteiger partial charge is 0.467 e. The van der Waals surface area contributed by atoms with Gasteiger partial charge in [-0.15, -0.1) is 0 Å². The minimum Gasteiger partial charge on any atom is -0.467 e.